The van der Waals surface area contributed by atoms with Gasteiger partial charge in [-0.15, -0.1) is 0 Å². The molecular weight excluding hydrogens is 476 g/mol. The van der Waals surface area contributed by atoms with E-state index in [0.717, 1.165) is 9.87 Å². The number of ether oxygens (including phenoxy) is 2. The number of nitrogens with one attached hydrogen (secondary N) is 1. The van der Waals surface area contributed by atoms with Gasteiger partial charge in [0.2, 0.25) is 5.91 Å². The summed E-state index contributed by atoms with van der Waals surface area (Å²) >= 11 is 6.17. The third kappa shape index (κ3) is 6.21. The van der Waals surface area contributed by atoms with E-state index in [1.165, 1.54) is 32.4 Å². The molecule has 0 aromatic heterocycles. The monoisotopic (exact) mass is 502 g/mol. The fraction of sp³-hybridized carbons (Fsp3) is 0.240. The molecule has 0 aliphatic rings. The van der Waals surface area contributed by atoms with Crippen LogP contribution in [0.15, 0.2) is 77.7 Å². The molecule has 0 unspecified atom stereocenters. The highest BCUT2D eigenvalue weighted by molar-refractivity contribution is 7.92. The zero-order valence-corrected chi connectivity index (χ0v) is 20.6. The number of para-hydroxylation sites is 1. The number of carbonyl (C=O) groups is 1. The number of halogens is 1. The van der Waals surface area contributed by atoms with Crippen LogP contribution in [-0.2, 0) is 21.2 Å². The van der Waals surface area contributed by atoms with Crippen molar-refractivity contribution in [1.82, 2.24) is 5.32 Å². The summed E-state index contributed by atoms with van der Waals surface area (Å²) in [6.45, 7) is 0.0237. The number of rotatable bonds is 11. The van der Waals surface area contributed by atoms with E-state index < -0.39 is 15.9 Å². The van der Waals surface area contributed by atoms with Crippen molar-refractivity contribution in [3.05, 3.63) is 83.4 Å². The second-order valence-corrected chi connectivity index (χ2v) is 9.68. The van der Waals surface area contributed by atoms with E-state index >= 15 is 0 Å². The summed E-state index contributed by atoms with van der Waals surface area (Å²) in [5.74, 6) is 0.275. The molecule has 0 atom stereocenters. The van der Waals surface area contributed by atoms with Crippen LogP contribution in [0.25, 0.3) is 0 Å². The van der Waals surface area contributed by atoms with Crippen LogP contribution in [0.5, 0.6) is 11.5 Å². The lowest BCUT2D eigenvalue weighted by atomic mass is 10.1. The van der Waals surface area contributed by atoms with Gasteiger partial charge in [0.1, 0.15) is 6.54 Å². The number of hydrogen-bond acceptors (Lipinski definition) is 5. The molecule has 1 N–H and O–H groups in total. The molecule has 0 spiro atoms. The summed E-state index contributed by atoms with van der Waals surface area (Å²) in [4.78, 5) is 12.7. The lowest BCUT2D eigenvalue weighted by molar-refractivity contribution is -0.119. The van der Waals surface area contributed by atoms with Crippen molar-refractivity contribution in [3.8, 4) is 11.5 Å². The van der Waals surface area contributed by atoms with Crippen molar-refractivity contribution >= 4 is 33.2 Å². The first-order valence-electron chi connectivity index (χ1n) is 10.7. The van der Waals surface area contributed by atoms with Crippen LogP contribution in [0.1, 0.15) is 12.0 Å². The van der Waals surface area contributed by atoms with Crippen molar-refractivity contribution in [2.75, 3.05) is 31.6 Å². The van der Waals surface area contributed by atoms with Crippen LogP contribution < -0.4 is 19.1 Å². The largest absolute Gasteiger partial charge is 0.493 e. The van der Waals surface area contributed by atoms with Gasteiger partial charge in [-0.05, 0) is 48.7 Å². The summed E-state index contributed by atoms with van der Waals surface area (Å²) in [5.41, 5.74) is 1.38. The van der Waals surface area contributed by atoms with Gasteiger partial charge in [-0.25, -0.2) is 8.42 Å². The summed E-state index contributed by atoms with van der Waals surface area (Å²) < 4.78 is 38.6. The smallest absolute Gasteiger partial charge is 0.264 e. The Morgan fingerprint density at radius 1 is 0.941 bits per heavy atom. The molecule has 3 rings (SSSR count). The third-order valence-electron chi connectivity index (χ3n) is 5.18. The van der Waals surface area contributed by atoms with E-state index in [9.17, 15) is 13.2 Å². The van der Waals surface area contributed by atoms with Gasteiger partial charge in [-0.3, -0.25) is 9.10 Å². The minimum Gasteiger partial charge on any atom is -0.493 e. The number of nitrogens with zero attached hydrogens (tertiary/aromatic N) is 1. The minimum absolute atomic E-state index is 0.0134. The van der Waals surface area contributed by atoms with Gasteiger partial charge >= 0.3 is 0 Å². The molecule has 1 amide bonds. The molecule has 7 nitrogen and oxygen atoms in total. The second-order valence-electron chi connectivity index (χ2n) is 7.41. The first-order valence-corrected chi connectivity index (χ1v) is 12.5. The number of carbonyl (C=O) groups excluding carboxylic acids is 1. The summed E-state index contributed by atoms with van der Waals surface area (Å²) in [6, 6.07) is 20.4. The van der Waals surface area contributed by atoms with Crippen LogP contribution in [0.3, 0.4) is 0 Å². The number of hydrogen-bond donors (Lipinski definition) is 1. The van der Waals surface area contributed by atoms with Gasteiger partial charge < -0.3 is 14.8 Å². The van der Waals surface area contributed by atoms with Crippen LogP contribution in [-0.4, -0.2) is 41.6 Å². The molecule has 0 radical (unpaired) electrons. The van der Waals surface area contributed by atoms with Crippen molar-refractivity contribution in [1.29, 1.82) is 0 Å². The Kier molecular flexibility index (Phi) is 8.79. The van der Waals surface area contributed by atoms with E-state index in [1.807, 2.05) is 24.3 Å². The Labute approximate surface area is 205 Å². The molecule has 0 aliphatic carbocycles. The first-order chi connectivity index (χ1) is 16.4. The van der Waals surface area contributed by atoms with Crippen molar-refractivity contribution in [2.45, 2.75) is 17.7 Å². The van der Waals surface area contributed by atoms with E-state index in [1.54, 1.807) is 30.3 Å². The highest BCUT2D eigenvalue weighted by Crippen LogP contribution is 2.32. The van der Waals surface area contributed by atoms with Crippen LogP contribution in [0.4, 0.5) is 5.69 Å². The maximum atomic E-state index is 13.5. The first kappa shape index (κ1) is 25.4. The average molecular weight is 503 g/mol. The van der Waals surface area contributed by atoms with Gasteiger partial charge in [-0.1, -0.05) is 48.0 Å². The number of sulfonamides is 1. The van der Waals surface area contributed by atoms with E-state index in [0.29, 0.717) is 35.8 Å². The van der Waals surface area contributed by atoms with Gasteiger partial charge in [0, 0.05) is 17.6 Å². The lowest BCUT2D eigenvalue weighted by Gasteiger charge is -2.24. The quantitative estimate of drug-likeness (QED) is 0.395. The second kappa shape index (κ2) is 11.8. The molecule has 0 saturated heterocycles. The Morgan fingerprint density at radius 3 is 2.29 bits per heavy atom. The van der Waals surface area contributed by atoms with Gasteiger partial charge in [-0.2, -0.15) is 0 Å². The van der Waals surface area contributed by atoms with Crippen LogP contribution >= 0.6 is 11.6 Å². The fourth-order valence-electron chi connectivity index (χ4n) is 3.41. The average Bonchev–Trinajstić information content (AvgIpc) is 2.86. The maximum Gasteiger partial charge on any atom is 0.264 e. The number of benzene rings is 3. The molecule has 0 saturated carbocycles. The van der Waals surface area contributed by atoms with Crippen LogP contribution in [0, 0.1) is 0 Å². The molecule has 3 aromatic rings. The topological polar surface area (TPSA) is 84.9 Å². The predicted octanol–water partition coefficient (Wildman–Crippen LogP) is 4.30. The SMILES string of the molecule is COc1ccc(S(=O)(=O)N(CC(=O)NCCCc2ccccc2Cl)c2ccccc2)cc1OC. The van der Waals surface area contributed by atoms with E-state index in [-0.39, 0.29) is 17.2 Å². The summed E-state index contributed by atoms with van der Waals surface area (Å²) in [6.07, 6.45) is 1.37. The molecule has 9 heteroatoms. The third-order valence-corrected chi connectivity index (χ3v) is 7.32. The Bertz CT molecular complexity index is 1220. The molecule has 0 bridgehead atoms. The number of amides is 1. The number of methoxy groups -OCH3 is 2. The minimum atomic E-state index is -4.07. The van der Waals surface area contributed by atoms with Crippen LogP contribution in [0.2, 0.25) is 5.02 Å². The molecule has 3 aromatic carbocycles. The van der Waals surface area contributed by atoms with Gasteiger partial charge in [0.05, 0.1) is 24.8 Å². The van der Waals surface area contributed by atoms with Crippen molar-refractivity contribution < 1.29 is 22.7 Å². The Hall–Kier alpha value is -3.23. The molecule has 0 aliphatic heterocycles. The van der Waals surface area contributed by atoms with Gasteiger partial charge in [0.25, 0.3) is 10.0 Å². The molecule has 0 fully saturated rings. The number of anilines is 1. The molecule has 34 heavy (non-hydrogen) atoms. The predicted molar refractivity (Wildman–Crippen MR) is 133 cm³/mol. The molecule has 0 heterocycles. The highest BCUT2D eigenvalue weighted by atomic mass is 35.5. The maximum absolute atomic E-state index is 13.5. The summed E-state index contributed by atoms with van der Waals surface area (Å²) in [5, 5.41) is 3.49. The fourth-order valence-corrected chi connectivity index (χ4v) is 5.07. The Balaban J connectivity index is 1.75. The highest BCUT2D eigenvalue weighted by Gasteiger charge is 2.28. The molecular formula is C25H27ClN2O5S. The van der Waals surface area contributed by atoms with E-state index in [4.69, 9.17) is 21.1 Å². The number of aryl methyl sites for hydroxylation is 1. The lowest BCUT2D eigenvalue weighted by Crippen LogP contribution is -2.41. The molecule has 180 valence electrons. The summed E-state index contributed by atoms with van der Waals surface area (Å²) in [7, 11) is -1.17. The van der Waals surface area contributed by atoms with Crippen molar-refractivity contribution in [2.24, 2.45) is 0 Å². The standard InChI is InChI=1S/C25H27ClN2O5S/c1-32-23-15-14-21(17-24(23)33-2)34(30,31)28(20-11-4-3-5-12-20)18-25(29)27-16-8-10-19-9-6-7-13-22(19)26/h3-7,9,11-15,17H,8,10,16,18H2,1-2H3,(H,27,29). The van der Waals surface area contributed by atoms with E-state index in [2.05, 4.69) is 5.32 Å². The zero-order valence-electron chi connectivity index (χ0n) is 19.0. The van der Waals surface area contributed by atoms with Gasteiger partial charge in [0.15, 0.2) is 11.5 Å². The Morgan fingerprint density at radius 2 is 1.62 bits per heavy atom. The zero-order chi connectivity index (χ0) is 24.6. The normalized spacial score (nSPS) is 11.0. The van der Waals surface area contributed by atoms with Crippen molar-refractivity contribution in [3.63, 3.8) is 0 Å².